The van der Waals surface area contributed by atoms with E-state index >= 15 is 0 Å². The summed E-state index contributed by atoms with van der Waals surface area (Å²) in [6.07, 6.45) is 5.27. The fourth-order valence-corrected chi connectivity index (χ4v) is 4.50. The number of ether oxygens (including phenoxy) is 2. The number of amides is 1. The Morgan fingerprint density at radius 3 is 2.27 bits per heavy atom. The number of alkyl carbamates (subject to hydrolysis) is 1. The maximum Gasteiger partial charge on any atom is 0.408 e. The first-order chi connectivity index (χ1) is 10.2. The van der Waals surface area contributed by atoms with Crippen LogP contribution in [0.2, 0.25) is 0 Å². The van der Waals surface area contributed by atoms with E-state index in [1.54, 1.807) is 6.92 Å². The van der Waals surface area contributed by atoms with Gasteiger partial charge in [-0.25, -0.2) is 9.59 Å². The smallest absolute Gasteiger partial charge is 0.408 e. The zero-order valence-corrected chi connectivity index (χ0v) is 14.0. The van der Waals surface area contributed by atoms with Crippen molar-refractivity contribution in [2.75, 3.05) is 6.61 Å². The van der Waals surface area contributed by atoms with Gasteiger partial charge >= 0.3 is 12.1 Å². The molecule has 5 nitrogen and oxygen atoms in total. The molecule has 0 aromatic rings. The van der Waals surface area contributed by atoms with Gasteiger partial charge in [-0.3, -0.25) is 0 Å². The van der Waals surface area contributed by atoms with Crippen molar-refractivity contribution in [3.8, 4) is 0 Å². The minimum absolute atomic E-state index is 0.0915. The molecule has 5 heteroatoms. The molecule has 0 aliphatic heterocycles. The lowest BCUT2D eigenvalue weighted by molar-refractivity contribution is -0.236. The van der Waals surface area contributed by atoms with Crippen LogP contribution in [0, 0.1) is 16.7 Å². The van der Waals surface area contributed by atoms with Crippen LogP contribution in [0.25, 0.3) is 0 Å². The maximum atomic E-state index is 12.3. The number of hydrogen-bond acceptors (Lipinski definition) is 4. The first-order valence-corrected chi connectivity index (χ1v) is 8.36. The molecule has 4 aliphatic rings. The average Bonchev–Trinajstić information content (AvgIpc) is 3.06. The molecule has 4 fully saturated rings. The van der Waals surface area contributed by atoms with Crippen LogP contribution in [0.5, 0.6) is 0 Å². The van der Waals surface area contributed by atoms with Gasteiger partial charge < -0.3 is 14.8 Å². The van der Waals surface area contributed by atoms with Crippen LogP contribution in [0.15, 0.2) is 0 Å². The number of esters is 1. The van der Waals surface area contributed by atoms with Crippen LogP contribution in [-0.4, -0.2) is 30.3 Å². The van der Waals surface area contributed by atoms with Crippen molar-refractivity contribution in [2.45, 2.75) is 71.4 Å². The van der Waals surface area contributed by atoms with Gasteiger partial charge in [0.25, 0.3) is 0 Å². The molecule has 0 aromatic carbocycles. The molecule has 4 rings (SSSR count). The normalized spacial score (nSPS) is 34.0. The molecule has 124 valence electrons. The zero-order valence-electron chi connectivity index (χ0n) is 14.0. The number of hydrogen-bond donors (Lipinski definition) is 1. The van der Waals surface area contributed by atoms with Crippen LogP contribution < -0.4 is 5.32 Å². The van der Waals surface area contributed by atoms with Crippen LogP contribution in [0.3, 0.4) is 0 Å². The Morgan fingerprint density at radius 1 is 1.23 bits per heavy atom. The molecule has 2 bridgehead atoms. The molecule has 0 spiro atoms. The zero-order chi connectivity index (χ0) is 16.2. The highest BCUT2D eigenvalue weighted by atomic mass is 16.6. The summed E-state index contributed by atoms with van der Waals surface area (Å²) in [7, 11) is 0. The molecule has 0 aromatic heterocycles. The van der Waals surface area contributed by atoms with Gasteiger partial charge in [-0.05, 0) is 71.1 Å². The van der Waals surface area contributed by atoms with E-state index in [1.165, 1.54) is 12.8 Å². The van der Waals surface area contributed by atoms with Gasteiger partial charge in [-0.1, -0.05) is 0 Å². The van der Waals surface area contributed by atoms with Gasteiger partial charge in [0.2, 0.25) is 0 Å². The lowest BCUT2D eigenvalue weighted by Crippen LogP contribution is -2.72. The number of rotatable bonds is 5. The molecule has 22 heavy (non-hydrogen) atoms. The van der Waals surface area contributed by atoms with Crippen molar-refractivity contribution in [1.82, 2.24) is 5.32 Å². The second kappa shape index (κ2) is 4.87. The topological polar surface area (TPSA) is 64.6 Å². The summed E-state index contributed by atoms with van der Waals surface area (Å²) < 4.78 is 10.5. The standard InChI is InChI=1S/C17H27NO4/c1-5-21-13(19)12(18-14(20)22-15(2,3)4)17-8-16(9-17,10-17)11-6-7-11/h11-12H,5-10H2,1-4H3,(H,18,20). The Bertz CT molecular complexity index is 470. The second-order valence-corrected chi connectivity index (χ2v) is 8.36. The van der Waals surface area contributed by atoms with Crippen LogP contribution in [0.4, 0.5) is 4.79 Å². The third kappa shape index (κ3) is 2.59. The van der Waals surface area contributed by atoms with Crippen LogP contribution in [0.1, 0.15) is 59.8 Å². The first-order valence-electron chi connectivity index (χ1n) is 8.36. The van der Waals surface area contributed by atoms with Gasteiger partial charge in [0.15, 0.2) is 0 Å². The summed E-state index contributed by atoms with van der Waals surface area (Å²) in [5.74, 6) is 0.538. The van der Waals surface area contributed by atoms with E-state index in [0.717, 1.165) is 25.2 Å². The lowest BCUT2D eigenvalue weighted by Gasteiger charge is -2.73. The fourth-order valence-electron chi connectivity index (χ4n) is 4.50. The molecule has 4 saturated carbocycles. The fraction of sp³-hybridized carbons (Fsp3) is 0.882. The highest BCUT2D eigenvalue weighted by Gasteiger charge is 2.75. The van der Waals surface area contributed by atoms with Gasteiger partial charge in [-0.2, -0.15) is 0 Å². The van der Waals surface area contributed by atoms with E-state index in [-0.39, 0.29) is 11.4 Å². The van der Waals surface area contributed by atoms with E-state index in [4.69, 9.17) is 9.47 Å². The Kier molecular flexibility index (Phi) is 3.46. The highest BCUT2D eigenvalue weighted by Crippen LogP contribution is 2.80. The highest BCUT2D eigenvalue weighted by molar-refractivity contribution is 5.83. The van der Waals surface area contributed by atoms with Crippen molar-refractivity contribution in [2.24, 2.45) is 16.7 Å². The second-order valence-electron chi connectivity index (χ2n) is 8.36. The van der Waals surface area contributed by atoms with Gasteiger partial charge in [-0.15, -0.1) is 0 Å². The summed E-state index contributed by atoms with van der Waals surface area (Å²) in [5, 5.41) is 2.78. The maximum absolute atomic E-state index is 12.3. The summed E-state index contributed by atoms with van der Waals surface area (Å²) in [6, 6.07) is -0.567. The third-order valence-corrected chi connectivity index (χ3v) is 5.35. The Hall–Kier alpha value is -1.26. The molecule has 1 unspecified atom stereocenters. The van der Waals surface area contributed by atoms with E-state index < -0.39 is 17.7 Å². The van der Waals surface area contributed by atoms with Crippen molar-refractivity contribution >= 4 is 12.1 Å². The van der Waals surface area contributed by atoms with Gasteiger partial charge in [0.1, 0.15) is 11.6 Å². The molecular formula is C17H27NO4. The minimum atomic E-state index is -0.571. The van der Waals surface area contributed by atoms with Crippen LogP contribution >= 0.6 is 0 Å². The van der Waals surface area contributed by atoms with Crippen molar-refractivity contribution < 1.29 is 19.1 Å². The summed E-state index contributed by atoms with van der Waals surface area (Å²) in [6.45, 7) is 7.56. The monoisotopic (exact) mass is 309 g/mol. The molecular weight excluding hydrogens is 282 g/mol. The SMILES string of the molecule is CCOC(=O)C(NC(=O)OC(C)(C)C)C12CC(C3CC3)(C1)C2. The minimum Gasteiger partial charge on any atom is -0.464 e. The molecule has 0 radical (unpaired) electrons. The third-order valence-electron chi connectivity index (χ3n) is 5.35. The quantitative estimate of drug-likeness (QED) is 0.793. The Morgan fingerprint density at radius 2 is 1.82 bits per heavy atom. The van der Waals surface area contributed by atoms with Crippen LogP contribution in [-0.2, 0) is 14.3 Å². The largest absolute Gasteiger partial charge is 0.464 e. The first kappa shape index (κ1) is 15.6. The van der Waals surface area contributed by atoms with E-state index in [1.807, 2.05) is 20.8 Å². The van der Waals surface area contributed by atoms with Gasteiger partial charge in [0, 0.05) is 5.41 Å². The lowest BCUT2D eigenvalue weighted by atomic mass is 9.31. The van der Waals surface area contributed by atoms with Crippen molar-refractivity contribution in [3.63, 3.8) is 0 Å². The summed E-state index contributed by atoms with van der Waals surface area (Å²) in [4.78, 5) is 24.4. The van der Waals surface area contributed by atoms with Gasteiger partial charge in [0.05, 0.1) is 6.61 Å². The predicted molar refractivity (Wildman–Crippen MR) is 81.2 cm³/mol. The number of carbonyl (C=O) groups excluding carboxylic acids is 2. The molecule has 0 heterocycles. The average molecular weight is 309 g/mol. The molecule has 1 atom stereocenters. The summed E-state index contributed by atoms with van der Waals surface area (Å²) >= 11 is 0. The predicted octanol–water partition coefficient (Wildman–Crippen LogP) is 3.02. The van der Waals surface area contributed by atoms with Crippen molar-refractivity contribution in [1.29, 1.82) is 0 Å². The molecule has 1 amide bonds. The summed E-state index contributed by atoms with van der Waals surface area (Å²) in [5.41, 5.74) is -0.190. The number of carbonyl (C=O) groups is 2. The van der Waals surface area contributed by atoms with Crippen molar-refractivity contribution in [3.05, 3.63) is 0 Å². The Labute approximate surface area is 132 Å². The molecule has 0 saturated heterocycles. The number of nitrogens with one attached hydrogen (secondary N) is 1. The molecule has 4 aliphatic carbocycles. The van der Waals surface area contributed by atoms with E-state index in [2.05, 4.69) is 5.32 Å². The van der Waals surface area contributed by atoms with E-state index in [0.29, 0.717) is 12.0 Å². The molecule has 1 N–H and O–H groups in total. The Balaban J connectivity index is 1.64. The van der Waals surface area contributed by atoms with E-state index in [9.17, 15) is 9.59 Å².